The summed E-state index contributed by atoms with van der Waals surface area (Å²) in [7, 11) is 0. The summed E-state index contributed by atoms with van der Waals surface area (Å²) in [6.07, 6.45) is 2.38. The smallest absolute Gasteiger partial charge is 0.237 e. The minimum absolute atomic E-state index is 0.127. The van der Waals surface area contributed by atoms with Crippen LogP contribution in [0, 0.1) is 24.1 Å². The largest absolute Gasteiger partial charge is 0.438 e. The van der Waals surface area contributed by atoms with Crippen LogP contribution in [-0.2, 0) is 11.2 Å². The number of rotatable bonds is 6. The van der Waals surface area contributed by atoms with E-state index in [9.17, 15) is 9.18 Å². The molecule has 140 valence electrons. The molecule has 0 aliphatic rings. The minimum atomic E-state index is -0.293. The van der Waals surface area contributed by atoms with Crippen LogP contribution < -0.4 is 10.1 Å². The van der Waals surface area contributed by atoms with Gasteiger partial charge in [0, 0.05) is 18.3 Å². The van der Waals surface area contributed by atoms with Crippen molar-refractivity contribution in [2.24, 2.45) is 0 Å². The van der Waals surface area contributed by atoms with Gasteiger partial charge in [0.15, 0.2) is 0 Å². The van der Waals surface area contributed by atoms with Gasteiger partial charge in [0.25, 0.3) is 0 Å². The second kappa shape index (κ2) is 8.78. The number of halogens is 1. The molecule has 0 saturated heterocycles. The molecule has 6 heteroatoms. The Morgan fingerprint density at radius 3 is 2.71 bits per heavy atom. The number of pyridine rings is 1. The Labute approximate surface area is 162 Å². The molecule has 0 unspecified atom stereocenters. The first-order valence-corrected chi connectivity index (χ1v) is 8.73. The molecular weight excluding hydrogens is 357 g/mol. The van der Waals surface area contributed by atoms with E-state index in [0.717, 1.165) is 11.1 Å². The zero-order valence-corrected chi connectivity index (χ0v) is 15.3. The summed E-state index contributed by atoms with van der Waals surface area (Å²) in [5, 5.41) is 12.0. The Morgan fingerprint density at radius 2 is 2.00 bits per heavy atom. The van der Waals surface area contributed by atoms with Crippen LogP contribution in [0.5, 0.6) is 11.6 Å². The molecule has 1 heterocycles. The maximum absolute atomic E-state index is 12.9. The maximum atomic E-state index is 12.9. The first-order chi connectivity index (χ1) is 13.5. The number of aryl methyl sites for hydroxylation is 2. The highest BCUT2D eigenvalue weighted by atomic mass is 19.1. The van der Waals surface area contributed by atoms with Gasteiger partial charge in [-0.3, -0.25) is 4.79 Å². The van der Waals surface area contributed by atoms with E-state index < -0.39 is 0 Å². The van der Waals surface area contributed by atoms with Crippen molar-refractivity contribution in [3.63, 3.8) is 0 Å². The van der Waals surface area contributed by atoms with Gasteiger partial charge >= 0.3 is 0 Å². The molecule has 0 fully saturated rings. The number of aromatic nitrogens is 1. The van der Waals surface area contributed by atoms with Crippen LogP contribution in [0.4, 0.5) is 10.1 Å². The Kier molecular flexibility index (Phi) is 5.97. The monoisotopic (exact) mass is 375 g/mol. The van der Waals surface area contributed by atoms with Gasteiger partial charge in [0.2, 0.25) is 11.8 Å². The van der Waals surface area contributed by atoms with E-state index in [2.05, 4.69) is 10.3 Å². The second-order valence-electron chi connectivity index (χ2n) is 6.22. The van der Waals surface area contributed by atoms with Gasteiger partial charge in [-0.25, -0.2) is 9.37 Å². The molecular formula is C22H18FN3O2. The van der Waals surface area contributed by atoms with E-state index in [1.54, 1.807) is 48.7 Å². The summed E-state index contributed by atoms with van der Waals surface area (Å²) in [4.78, 5) is 16.3. The van der Waals surface area contributed by atoms with E-state index in [1.807, 2.05) is 13.0 Å². The molecule has 0 aliphatic heterocycles. The van der Waals surface area contributed by atoms with Crippen LogP contribution >= 0.6 is 0 Å². The molecule has 3 rings (SSSR count). The van der Waals surface area contributed by atoms with Crippen LogP contribution in [-0.4, -0.2) is 10.9 Å². The molecule has 1 amide bonds. The average Bonchev–Trinajstić information content (AvgIpc) is 2.70. The molecule has 0 bridgehead atoms. The van der Waals surface area contributed by atoms with Crippen molar-refractivity contribution in [2.45, 2.75) is 19.8 Å². The quantitative estimate of drug-likeness (QED) is 0.674. The Hall–Kier alpha value is -3.72. The summed E-state index contributed by atoms with van der Waals surface area (Å²) in [6.45, 7) is 1.85. The Bertz CT molecular complexity index is 1030. The highest BCUT2D eigenvalue weighted by Gasteiger charge is 2.09. The fourth-order valence-electron chi connectivity index (χ4n) is 2.63. The molecule has 0 aliphatic carbocycles. The average molecular weight is 375 g/mol. The van der Waals surface area contributed by atoms with Crippen LogP contribution in [0.2, 0.25) is 0 Å². The first-order valence-electron chi connectivity index (χ1n) is 8.73. The highest BCUT2D eigenvalue weighted by Crippen LogP contribution is 2.26. The summed E-state index contributed by atoms with van der Waals surface area (Å²) in [6, 6.07) is 16.7. The Morgan fingerprint density at radius 1 is 1.21 bits per heavy atom. The fraction of sp³-hybridized carbons (Fsp3) is 0.136. The van der Waals surface area contributed by atoms with Gasteiger partial charge < -0.3 is 10.1 Å². The predicted molar refractivity (Wildman–Crippen MR) is 104 cm³/mol. The number of ether oxygens (including phenoxy) is 1. The van der Waals surface area contributed by atoms with Crippen LogP contribution in [0.25, 0.3) is 0 Å². The molecule has 2 aromatic carbocycles. The summed E-state index contributed by atoms with van der Waals surface area (Å²) >= 11 is 0. The normalized spacial score (nSPS) is 10.2. The lowest BCUT2D eigenvalue weighted by Gasteiger charge is -2.11. The number of carbonyl (C=O) groups is 1. The zero-order chi connectivity index (χ0) is 19.9. The Balaban J connectivity index is 1.61. The van der Waals surface area contributed by atoms with E-state index in [0.29, 0.717) is 29.8 Å². The van der Waals surface area contributed by atoms with Crippen molar-refractivity contribution in [1.29, 1.82) is 5.26 Å². The van der Waals surface area contributed by atoms with Crippen molar-refractivity contribution < 1.29 is 13.9 Å². The molecule has 28 heavy (non-hydrogen) atoms. The topological polar surface area (TPSA) is 75.0 Å². The summed E-state index contributed by atoms with van der Waals surface area (Å²) in [5.74, 6) is 0.341. The summed E-state index contributed by atoms with van der Waals surface area (Å²) < 4.78 is 18.6. The van der Waals surface area contributed by atoms with Gasteiger partial charge in [0.1, 0.15) is 23.2 Å². The molecule has 1 N–H and O–H groups in total. The number of hydrogen-bond acceptors (Lipinski definition) is 4. The van der Waals surface area contributed by atoms with Gasteiger partial charge in [-0.2, -0.15) is 5.26 Å². The van der Waals surface area contributed by atoms with Gasteiger partial charge in [0.05, 0.1) is 0 Å². The van der Waals surface area contributed by atoms with Crippen LogP contribution in [0.1, 0.15) is 23.1 Å². The highest BCUT2D eigenvalue weighted by molar-refractivity contribution is 5.91. The molecule has 0 saturated carbocycles. The van der Waals surface area contributed by atoms with Crippen molar-refractivity contribution in [2.75, 3.05) is 5.32 Å². The minimum Gasteiger partial charge on any atom is -0.438 e. The van der Waals surface area contributed by atoms with E-state index in [1.165, 1.54) is 12.1 Å². The standard InChI is InChI=1S/C22H18FN3O2/c1-15-13-19(28-22-17(14-24)3-2-12-25-22)9-10-20(15)26-21(27)11-6-16-4-7-18(23)8-5-16/h2-5,7-10,12-13H,6,11H2,1H3,(H,26,27). The lowest BCUT2D eigenvalue weighted by Crippen LogP contribution is -2.13. The lowest BCUT2D eigenvalue weighted by molar-refractivity contribution is -0.116. The number of anilines is 1. The van der Waals surface area contributed by atoms with Crippen LogP contribution in [0.3, 0.4) is 0 Å². The molecule has 0 atom stereocenters. The van der Waals surface area contributed by atoms with Gasteiger partial charge in [-0.05, 0) is 66.9 Å². The molecule has 0 radical (unpaired) electrons. The number of nitrogens with zero attached hydrogens (tertiary/aromatic N) is 2. The third-order valence-corrected chi connectivity index (χ3v) is 4.13. The number of nitriles is 1. The van der Waals surface area contributed by atoms with E-state index in [4.69, 9.17) is 10.00 Å². The second-order valence-corrected chi connectivity index (χ2v) is 6.22. The number of hydrogen-bond donors (Lipinski definition) is 1. The third-order valence-electron chi connectivity index (χ3n) is 4.13. The third kappa shape index (κ3) is 4.92. The number of carbonyl (C=O) groups excluding carboxylic acids is 1. The number of benzene rings is 2. The lowest BCUT2D eigenvalue weighted by atomic mass is 10.1. The van der Waals surface area contributed by atoms with Crippen LogP contribution in [0.15, 0.2) is 60.8 Å². The van der Waals surface area contributed by atoms with E-state index in [-0.39, 0.29) is 17.6 Å². The predicted octanol–water partition coefficient (Wildman–Crippen LogP) is 4.76. The van der Waals surface area contributed by atoms with Gasteiger partial charge in [-0.15, -0.1) is 0 Å². The molecule has 1 aromatic heterocycles. The van der Waals surface area contributed by atoms with Crippen molar-refractivity contribution in [3.8, 4) is 17.7 Å². The number of amides is 1. The number of nitrogens with one attached hydrogen (secondary N) is 1. The molecule has 3 aromatic rings. The first kappa shape index (κ1) is 19.1. The van der Waals surface area contributed by atoms with Gasteiger partial charge in [-0.1, -0.05) is 12.1 Å². The summed E-state index contributed by atoms with van der Waals surface area (Å²) in [5.41, 5.74) is 2.75. The van der Waals surface area contributed by atoms with Crippen molar-refractivity contribution >= 4 is 11.6 Å². The zero-order valence-electron chi connectivity index (χ0n) is 15.3. The maximum Gasteiger partial charge on any atom is 0.237 e. The fourth-order valence-corrected chi connectivity index (χ4v) is 2.63. The molecule has 5 nitrogen and oxygen atoms in total. The van der Waals surface area contributed by atoms with E-state index >= 15 is 0 Å². The van der Waals surface area contributed by atoms with Crippen molar-refractivity contribution in [1.82, 2.24) is 4.98 Å². The molecule has 0 spiro atoms. The van der Waals surface area contributed by atoms with Crippen molar-refractivity contribution in [3.05, 3.63) is 83.3 Å². The SMILES string of the molecule is Cc1cc(Oc2ncccc2C#N)ccc1NC(=O)CCc1ccc(F)cc1.